The first kappa shape index (κ1) is 11.7. The third-order valence-corrected chi connectivity index (χ3v) is 4.89. The van der Waals surface area contributed by atoms with E-state index in [1.807, 2.05) is 11.3 Å². The van der Waals surface area contributed by atoms with Crippen LogP contribution in [0.5, 0.6) is 0 Å². The van der Waals surface area contributed by atoms with E-state index in [4.69, 9.17) is 0 Å². The Hall–Kier alpha value is -0.410. The van der Waals surface area contributed by atoms with Crippen LogP contribution >= 0.6 is 11.3 Å². The monoisotopic (exact) mass is 250 g/mol. The maximum atomic E-state index is 4.68. The van der Waals surface area contributed by atoms with Gasteiger partial charge in [0.2, 0.25) is 0 Å². The minimum absolute atomic E-state index is 0.530. The Labute approximate surface area is 108 Å². The second kappa shape index (κ2) is 4.69. The number of aryl methyl sites for hydroxylation is 1. The van der Waals surface area contributed by atoms with Gasteiger partial charge in [-0.15, -0.1) is 11.3 Å². The lowest BCUT2D eigenvalue weighted by Crippen LogP contribution is -2.32. The van der Waals surface area contributed by atoms with Crippen LogP contribution in [0.25, 0.3) is 0 Å². The topological polar surface area (TPSA) is 24.9 Å². The van der Waals surface area contributed by atoms with Gasteiger partial charge in [0.15, 0.2) is 0 Å². The largest absolute Gasteiger partial charge is 0.305 e. The van der Waals surface area contributed by atoms with Crippen LogP contribution in [0.2, 0.25) is 0 Å². The molecule has 0 amide bonds. The van der Waals surface area contributed by atoms with Crippen LogP contribution in [-0.4, -0.2) is 11.0 Å². The zero-order chi connectivity index (χ0) is 11.8. The zero-order valence-electron chi connectivity index (χ0n) is 10.8. The fraction of sp³-hybridized carbons (Fsp3) is 0.786. The Morgan fingerprint density at radius 2 is 2.18 bits per heavy atom. The number of nitrogens with one attached hydrogen (secondary N) is 1. The van der Waals surface area contributed by atoms with E-state index in [1.54, 1.807) is 0 Å². The summed E-state index contributed by atoms with van der Waals surface area (Å²) < 4.78 is 0. The first-order valence-electron chi connectivity index (χ1n) is 6.90. The Kier molecular flexibility index (Phi) is 3.22. The highest BCUT2D eigenvalue weighted by molar-refractivity contribution is 7.09. The van der Waals surface area contributed by atoms with Crippen LogP contribution in [0, 0.1) is 18.8 Å². The number of nitrogens with zero attached hydrogens (tertiary/aromatic N) is 1. The predicted octanol–water partition coefficient (Wildman–Crippen LogP) is 3.68. The highest BCUT2D eigenvalue weighted by Crippen LogP contribution is 2.42. The highest BCUT2D eigenvalue weighted by Gasteiger charge is 2.35. The quantitative estimate of drug-likeness (QED) is 0.833. The molecule has 0 spiro atoms. The molecule has 2 saturated carbocycles. The van der Waals surface area contributed by atoms with Gasteiger partial charge in [-0.25, -0.2) is 4.98 Å². The summed E-state index contributed by atoms with van der Waals surface area (Å²) >= 11 is 1.83. The standard InChI is InChI=1S/C14H22N2S/c1-9(7-11-3-4-11)15-13(12-5-6-12)14-16-10(2)8-17-14/h8-9,11-13,15H,3-7H2,1-2H3. The Balaban J connectivity index is 1.62. The average Bonchev–Trinajstić information content (AvgIpc) is 3.17. The lowest BCUT2D eigenvalue weighted by atomic mass is 10.1. The lowest BCUT2D eigenvalue weighted by molar-refractivity contribution is 0.391. The van der Waals surface area contributed by atoms with Crippen LogP contribution in [0.3, 0.4) is 0 Å². The van der Waals surface area contributed by atoms with Crippen molar-refractivity contribution in [1.29, 1.82) is 0 Å². The van der Waals surface area contributed by atoms with Crippen molar-refractivity contribution in [2.24, 2.45) is 11.8 Å². The van der Waals surface area contributed by atoms with E-state index in [-0.39, 0.29) is 0 Å². The summed E-state index contributed by atoms with van der Waals surface area (Å²) in [6.07, 6.45) is 7.03. The maximum absolute atomic E-state index is 4.68. The molecule has 1 N–H and O–H groups in total. The van der Waals surface area contributed by atoms with Crippen LogP contribution in [0.4, 0.5) is 0 Å². The molecule has 2 unspecified atom stereocenters. The van der Waals surface area contributed by atoms with Crippen molar-refractivity contribution < 1.29 is 0 Å². The van der Waals surface area contributed by atoms with E-state index in [2.05, 4.69) is 29.5 Å². The molecule has 3 rings (SSSR count). The Morgan fingerprint density at radius 3 is 2.71 bits per heavy atom. The number of hydrogen-bond donors (Lipinski definition) is 1. The molecular weight excluding hydrogens is 228 g/mol. The van der Waals surface area contributed by atoms with Crippen LogP contribution in [-0.2, 0) is 0 Å². The summed E-state index contributed by atoms with van der Waals surface area (Å²) in [6, 6.07) is 1.18. The second-order valence-electron chi connectivity index (χ2n) is 5.89. The van der Waals surface area contributed by atoms with E-state index in [0.717, 1.165) is 11.8 Å². The van der Waals surface area contributed by atoms with Crippen molar-refractivity contribution in [1.82, 2.24) is 10.3 Å². The van der Waals surface area contributed by atoms with Crippen molar-refractivity contribution in [3.8, 4) is 0 Å². The highest BCUT2D eigenvalue weighted by atomic mass is 32.1. The van der Waals surface area contributed by atoms with Gasteiger partial charge in [-0.1, -0.05) is 12.8 Å². The smallest absolute Gasteiger partial charge is 0.110 e. The van der Waals surface area contributed by atoms with E-state index in [9.17, 15) is 0 Å². The molecule has 0 radical (unpaired) electrons. The number of thiazole rings is 1. The van der Waals surface area contributed by atoms with Gasteiger partial charge in [-0.05, 0) is 44.9 Å². The molecule has 0 aromatic carbocycles. The van der Waals surface area contributed by atoms with Crippen molar-refractivity contribution >= 4 is 11.3 Å². The molecule has 94 valence electrons. The van der Waals surface area contributed by atoms with Gasteiger partial charge in [-0.3, -0.25) is 0 Å². The van der Waals surface area contributed by atoms with Crippen molar-refractivity contribution in [3.05, 3.63) is 16.1 Å². The molecule has 1 heterocycles. The molecule has 2 nitrogen and oxygen atoms in total. The molecule has 2 atom stereocenters. The first-order chi connectivity index (χ1) is 8.22. The van der Waals surface area contributed by atoms with E-state index >= 15 is 0 Å². The van der Waals surface area contributed by atoms with Gasteiger partial charge < -0.3 is 5.32 Å². The number of rotatable bonds is 6. The van der Waals surface area contributed by atoms with Crippen LogP contribution in [0.1, 0.15) is 55.8 Å². The van der Waals surface area contributed by atoms with Crippen LogP contribution < -0.4 is 5.32 Å². The molecule has 3 heteroatoms. The van der Waals surface area contributed by atoms with Crippen molar-refractivity contribution in [3.63, 3.8) is 0 Å². The molecule has 0 aliphatic heterocycles. The second-order valence-corrected chi connectivity index (χ2v) is 6.78. The third kappa shape index (κ3) is 3.08. The molecule has 0 saturated heterocycles. The molecule has 17 heavy (non-hydrogen) atoms. The fourth-order valence-electron chi connectivity index (χ4n) is 2.58. The number of aromatic nitrogens is 1. The summed E-state index contributed by atoms with van der Waals surface area (Å²) in [5.74, 6) is 1.86. The van der Waals surface area contributed by atoms with Crippen molar-refractivity contribution in [2.75, 3.05) is 0 Å². The predicted molar refractivity (Wildman–Crippen MR) is 72.3 cm³/mol. The molecule has 2 aliphatic carbocycles. The molecular formula is C14H22N2S. The van der Waals surface area contributed by atoms with E-state index < -0.39 is 0 Å². The summed E-state index contributed by atoms with van der Waals surface area (Å²) in [5.41, 5.74) is 1.17. The SMILES string of the molecule is Cc1csc(C(NC(C)CC2CC2)C2CC2)n1. The number of hydrogen-bond acceptors (Lipinski definition) is 3. The molecule has 2 fully saturated rings. The minimum atomic E-state index is 0.530. The Morgan fingerprint density at radius 1 is 1.41 bits per heavy atom. The molecule has 1 aromatic rings. The van der Waals surface area contributed by atoms with Gasteiger partial charge in [-0.2, -0.15) is 0 Å². The van der Waals surface area contributed by atoms with Crippen molar-refractivity contribution in [2.45, 2.75) is 58.0 Å². The molecule has 2 aliphatic rings. The van der Waals surface area contributed by atoms with Gasteiger partial charge in [0, 0.05) is 17.1 Å². The maximum Gasteiger partial charge on any atom is 0.110 e. The third-order valence-electron chi connectivity index (χ3n) is 3.84. The summed E-state index contributed by atoms with van der Waals surface area (Å²) in [4.78, 5) is 4.68. The van der Waals surface area contributed by atoms with Crippen LogP contribution in [0.15, 0.2) is 5.38 Å². The molecule has 1 aromatic heterocycles. The minimum Gasteiger partial charge on any atom is -0.305 e. The average molecular weight is 250 g/mol. The lowest BCUT2D eigenvalue weighted by Gasteiger charge is -2.21. The normalized spacial score (nSPS) is 23.6. The van der Waals surface area contributed by atoms with E-state index in [0.29, 0.717) is 12.1 Å². The summed E-state index contributed by atoms with van der Waals surface area (Å²) in [5, 5.41) is 7.32. The summed E-state index contributed by atoms with van der Waals surface area (Å²) in [6.45, 7) is 4.44. The van der Waals surface area contributed by atoms with Gasteiger partial charge in [0.05, 0.1) is 6.04 Å². The zero-order valence-corrected chi connectivity index (χ0v) is 11.6. The first-order valence-corrected chi connectivity index (χ1v) is 7.78. The Bertz CT molecular complexity index is 379. The van der Waals surface area contributed by atoms with E-state index in [1.165, 1.54) is 42.8 Å². The van der Waals surface area contributed by atoms with Gasteiger partial charge in [0.1, 0.15) is 5.01 Å². The fourth-order valence-corrected chi connectivity index (χ4v) is 3.53. The molecule has 0 bridgehead atoms. The van der Waals surface area contributed by atoms with Gasteiger partial charge >= 0.3 is 0 Å². The summed E-state index contributed by atoms with van der Waals surface area (Å²) in [7, 11) is 0. The van der Waals surface area contributed by atoms with Gasteiger partial charge in [0.25, 0.3) is 0 Å².